The van der Waals surface area contributed by atoms with E-state index in [1.54, 1.807) is 0 Å². The molecule has 0 unspecified atom stereocenters. The molecule has 6 heteroatoms. The number of halogens is 1. The molecule has 1 fully saturated rings. The van der Waals surface area contributed by atoms with E-state index >= 15 is 0 Å². The molecule has 1 heterocycles. The smallest absolute Gasteiger partial charge is 0.318 e. The zero-order chi connectivity index (χ0) is 20.1. The van der Waals surface area contributed by atoms with Crippen LogP contribution in [0.4, 0.5) is 4.79 Å². The number of nitrogens with one attached hydrogen (secondary N) is 1. The molecule has 2 aromatic rings. The van der Waals surface area contributed by atoms with Crippen LogP contribution in [0, 0.1) is 0 Å². The summed E-state index contributed by atoms with van der Waals surface area (Å²) in [6.45, 7) is 2.70. The number of hydrogen-bond acceptors (Lipinski definition) is 2. The number of rotatable bonds is 6. The van der Waals surface area contributed by atoms with Gasteiger partial charge in [0.1, 0.15) is 0 Å². The molecule has 1 saturated heterocycles. The lowest BCUT2D eigenvalue weighted by molar-refractivity contribution is -0.118. The summed E-state index contributed by atoms with van der Waals surface area (Å²) in [6, 6.07) is 17.8. The van der Waals surface area contributed by atoms with E-state index in [-0.39, 0.29) is 24.4 Å². The molecule has 2 atom stereocenters. The second-order valence-corrected chi connectivity index (χ2v) is 8.28. The Morgan fingerprint density at radius 1 is 1.21 bits per heavy atom. The predicted molar refractivity (Wildman–Crippen MR) is 114 cm³/mol. The summed E-state index contributed by atoms with van der Waals surface area (Å²) >= 11 is 3.45. The second-order valence-electron chi connectivity index (χ2n) is 7.37. The Labute approximate surface area is 174 Å². The maximum absolute atomic E-state index is 13.2. The zero-order valence-electron chi connectivity index (χ0n) is 16.0. The van der Waals surface area contributed by atoms with Gasteiger partial charge in [-0.15, -0.1) is 0 Å². The molecule has 3 amide bonds. The Bertz CT molecular complexity index is 825. The van der Waals surface area contributed by atoms with Crippen LogP contribution in [0.5, 0.6) is 0 Å². The Balaban J connectivity index is 1.87. The van der Waals surface area contributed by atoms with E-state index in [4.69, 9.17) is 5.73 Å². The molecule has 148 valence electrons. The number of carbonyl (C=O) groups is 2. The van der Waals surface area contributed by atoms with Crippen LogP contribution in [0.25, 0.3) is 0 Å². The average Bonchev–Trinajstić information content (AvgIpc) is 2.86. The first-order chi connectivity index (χ1) is 13.4. The van der Waals surface area contributed by atoms with Gasteiger partial charge in [0.15, 0.2) is 0 Å². The molecule has 5 nitrogen and oxygen atoms in total. The van der Waals surface area contributed by atoms with Gasteiger partial charge in [-0.05, 0) is 49.4 Å². The first kappa shape index (κ1) is 20.4. The predicted octanol–water partition coefficient (Wildman–Crippen LogP) is 4.48. The maximum atomic E-state index is 13.2. The van der Waals surface area contributed by atoms with Crippen molar-refractivity contribution in [3.8, 4) is 0 Å². The highest BCUT2D eigenvalue weighted by Gasteiger charge is 2.38. The molecule has 2 aromatic carbocycles. The largest absolute Gasteiger partial charge is 0.370 e. The van der Waals surface area contributed by atoms with Gasteiger partial charge in [0, 0.05) is 17.4 Å². The topological polar surface area (TPSA) is 75.4 Å². The van der Waals surface area contributed by atoms with Gasteiger partial charge in [-0.25, -0.2) is 4.79 Å². The van der Waals surface area contributed by atoms with Crippen molar-refractivity contribution in [2.45, 2.75) is 44.2 Å². The Hall–Kier alpha value is -2.34. The number of hydrogen-bond donors (Lipinski definition) is 2. The zero-order valence-corrected chi connectivity index (χ0v) is 17.6. The van der Waals surface area contributed by atoms with Crippen LogP contribution < -0.4 is 11.1 Å². The third kappa shape index (κ3) is 4.55. The van der Waals surface area contributed by atoms with Gasteiger partial charge in [0.05, 0.1) is 11.6 Å². The number of amides is 3. The van der Waals surface area contributed by atoms with E-state index in [9.17, 15) is 9.59 Å². The van der Waals surface area contributed by atoms with Crippen molar-refractivity contribution in [3.05, 3.63) is 70.2 Å². The summed E-state index contributed by atoms with van der Waals surface area (Å²) in [6.07, 6.45) is 2.34. The van der Waals surface area contributed by atoms with Crippen LogP contribution >= 0.6 is 15.9 Å². The molecule has 28 heavy (non-hydrogen) atoms. The highest BCUT2D eigenvalue weighted by atomic mass is 79.9. The summed E-state index contributed by atoms with van der Waals surface area (Å²) in [5.74, 6) is -0.353. The molecule has 0 aromatic heterocycles. The lowest BCUT2D eigenvalue weighted by Gasteiger charge is -2.35. The van der Waals surface area contributed by atoms with Crippen molar-refractivity contribution in [1.29, 1.82) is 0 Å². The number of nitrogens with two attached hydrogens (primary N) is 1. The van der Waals surface area contributed by atoms with Crippen molar-refractivity contribution in [1.82, 2.24) is 10.2 Å². The molecule has 0 aliphatic carbocycles. The monoisotopic (exact) mass is 443 g/mol. The molecule has 1 aliphatic rings. The van der Waals surface area contributed by atoms with Crippen LogP contribution in [0.2, 0.25) is 0 Å². The van der Waals surface area contributed by atoms with E-state index in [0.717, 1.165) is 28.4 Å². The first-order valence-corrected chi connectivity index (χ1v) is 10.4. The molecule has 3 N–H and O–H groups in total. The normalized spacial score (nSPS) is 20.9. The van der Waals surface area contributed by atoms with Crippen molar-refractivity contribution in [2.24, 2.45) is 5.73 Å². The molecule has 0 saturated carbocycles. The molecule has 1 aliphatic heterocycles. The van der Waals surface area contributed by atoms with Gasteiger partial charge in [0.25, 0.3) is 0 Å². The third-order valence-corrected chi connectivity index (χ3v) is 6.08. The van der Waals surface area contributed by atoms with Gasteiger partial charge in [-0.2, -0.15) is 0 Å². The summed E-state index contributed by atoms with van der Waals surface area (Å²) < 4.78 is 1.01. The summed E-state index contributed by atoms with van der Waals surface area (Å²) in [4.78, 5) is 26.6. The number of urea groups is 1. The minimum Gasteiger partial charge on any atom is -0.370 e. The maximum Gasteiger partial charge on any atom is 0.318 e. The van der Waals surface area contributed by atoms with Gasteiger partial charge >= 0.3 is 6.03 Å². The van der Waals surface area contributed by atoms with Gasteiger partial charge in [0.2, 0.25) is 5.91 Å². The van der Waals surface area contributed by atoms with Crippen LogP contribution in [-0.2, 0) is 10.3 Å². The Morgan fingerprint density at radius 2 is 1.89 bits per heavy atom. The lowest BCUT2D eigenvalue weighted by atomic mass is 9.81. The minimum atomic E-state index is -0.582. The molecule has 0 spiro atoms. The van der Waals surface area contributed by atoms with E-state index in [1.165, 1.54) is 0 Å². The SMILES string of the molecule is C[C@@H](c1ccc(Br)cc1)N1CCC[C@](CCC(N)=O)(c2ccccc2)NC1=O. The fourth-order valence-corrected chi connectivity index (χ4v) is 4.19. The number of primary amides is 1. The van der Waals surface area contributed by atoms with Crippen molar-refractivity contribution in [3.63, 3.8) is 0 Å². The van der Waals surface area contributed by atoms with Crippen molar-refractivity contribution in [2.75, 3.05) is 6.54 Å². The minimum absolute atomic E-state index is 0.0455. The Morgan fingerprint density at radius 3 is 2.54 bits per heavy atom. The van der Waals surface area contributed by atoms with Crippen LogP contribution in [0.15, 0.2) is 59.1 Å². The summed E-state index contributed by atoms with van der Waals surface area (Å²) in [5.41, 5.74) is 6.94. The van der Waals surface area contributed by atoms with Gasteiger partial charge < -0.3 is 16.0 Å². The molecule has 0 bridgehead atoms. The highest BCUT2D eigenvalue weighted by Crippen LogP contribution is 2.35. The number of nitrogens with zero attached hydrogens (tertiary/aromatic N) is 1. The fourth-order valence-electron chi connectivity index (χ4n) is 3.92. The Kier molecular flexibility index (Phi) is 6.39. The van der Waals surface area contributed by atoms with Crippen molar-refractivity contribution >= 4 is 27.9 Å². The van der Waals surface area contributed by atoms with E-state index in [0.29, 0.717) is 13.0 Å². The summed E-state index contributed by atoms with van der Waals surface area (Å²) in [5, 5.41) is 3.25. The highest BCUT2D eigenvalue weighted by molar-refractivity contribution is 9.10. The molecule has 3 rings (SSSR count). The molecular weight excluding hydrogens is 418 g/mol. The van der Waals surface area contributed by atoms with E-state index in [1.807, 2.05) is 66.4 Å². The quantitative estimate of drug-likeness (QED) is 0.690. The van der Waals surface area contributed by atoms with Crippen molar-refractivity contribution < 1.29 is 9.59 Å². The molecule has 0 radical (unpaired) electrons. The second kappa shape index (κ2) is 8.78. The third-order valence-electron chi connectivity index (χ3n) is 5.55. The first-order valence-electron chi connectivity index (χ1n) is 9.59. The van der Waals surface area contributed by atoms with Crippen LogP contribution in [0.3, 0.4) is 0 Å². The van der Waals surface area contributed by atoms with E-state index < -0.39 is 5.54 Å². The van der Waals surface area contributed by atoms with Gasteiger partial charge in [-0.3, -0.25) is 4.79 Å². The van der Waals surface area contributed by atoms with E-state index in [2.05, 4.69) is 21.2 Å². The molecular formula is C22H26BrN3O2. The van der Waals surface area contributed by atoms with Gasteiger partial charge in [-0.1, -0.05) is 58.4 Å². The average molecular weight is 444 g/mol. The number of carbonyl (C=O) groups excluding carboxylic acids is 2. The van der Waals surface area contributed by atoms with Crippen LogP contribution in [-0.4, -0.2) is 23.4 Å². The van der Waals surface area contributed by atoms with Crippen LogP contribution in [0.1, 0.15) is 49.8 Å². The fraction of sp³-hybridized carbons (Fsp3) is 0.364. The number of benzene rings is 2. The summed E-state index contributed by atoms with van der Waals surface area (Å²) in [7, 11) is 0. The standard InChI is InChI=1S/C22H26BrN3O2/c1-16(17-8-10-19(23)11-9-17)26-15-5-13-22(25-21(26)28,14-12-20(24)27)18-6-3-2-4-7-18/h2-4,6-11,16H,5,12-15H2,1H3,(H2,24,27)(H,25,28)/t16-,22-/m0/s1. The lowest BCUT2D eigenvalue weighted by Crippen LogP contribution is -2.49.